The van der Waals surface area contributed by atoms with Crippen LogP contribution in [0.5, 0.6) is 11.5 Å². The first kappa shape index (κ1) is 15.3. The smallest absolute Gasteiger partial charge is 0.252 e. The van der Waals surface area contributed by atoms with E-state index in [1.807, 2.05) is 0 Å². The first-order valence-corrected chi connectivity index (χ1v) is 6.69. The normalized spacial score (nSPS) is 10.4. The van der Waals surface area contributed by atoms with Crippen LogP contribution >= 0.6 is 12.2 Å². The number of hydrogen-bond acceptors (Lipinski definition) is 5. The first-order chi connectivity index (χ1) is 10.1. The Labute approximate surface area is 126 Å². The molecule has 112 valence electrons. The molecule has 0 aliphatic rings. The number of hydrogen-bond donors (Lipinski definition) is 2. The second-order valence-electron chi connectivity index (χ2n) is 4.24. The van der Waals surface area contributed by atoms with Gasteiger partial charge in [0.05, 0.1) is 32.1 Å². The average Bonchev–Trinajstić information content (AvgIpc) is 2.48. The molecule has 0 saturated carbocycles. The third-order valence-electron chi connectivity index (χ3n) is 3.04. The van der Waals surface area contributed by atoms with Crippen LogP contribution in [0.15, 0.2) is 29.1 Å². The van der Waals surface area contributed by atoms with Gasteiger partial charge in [-0.2, -0.15) is 0 Å². The number of aliphatic hydroxyl groups is 1. The molecule has 1 aromatic heterocycles. The van der Waals surface area contributed by atoms with Crippen LogP contribution < -0.4 is 15.0 Å². The lowest BCUT2D eigenvalue weighted by molar-refractivity contribution is 0.275. The highest BCUT2D eigenvalue weighted by molar-refractivity contribution is 7.71. The molecule has 21 heavy (non-hydrogen) atoms. The van der Waals surface area contributed by atoms with Crippen LogP contribution in [0, 0.1) is 4.77 Å². The molecule has 0 unspecified atom stereocenters. The van der Waals surface area contributed by atoms with E-state index in [1.54, 1.807) is 22.8 Å². The Balaban J connectivity index is 2.83. The highest BCUT2D eigenvalue weighted by Crippen LogP contribution is 2.37. The van der Waals surface area contributed by atoms with Crippen LogP contribution in [-0.2, 0) is 6.54 Å². The van der Waals surface area contributed by atoms with Crippen LogP contribution in [0.2, 0.25) is 0 Å². The van der Waals surface area contributed by atoms with Gasteiger partial charge in [0.25, 0.3) is 5.56 Å². The molecule has 2 aromatic rings. The van der Waals surface area contributed by atoms with Gasteiger partial charge in [-0.05, 0) is 24.4 Å². The maximum Gasteiger partial charge on any atom is 0.252 e. The summed E-state index contributed by atoms with van der Waals surface area (Å²) in [4.78, 5) is 14.3. The molecule has 6 nitrogen and oxygen atoms in total. The zero-order valence-electron chi connectivity index (χ0n) is 11.8. The molecule has 0 spiro atoms. The minimum atomic E-state index is -0.322. The maximum absolute atomic E-state index is 11.8. The Morgan fingerprint density at radius 2 is 1.90 bits per heavy atom. The lowest BCUT2D eigenvalue weighted by Crippen LogP contribution is -2.16. The number of rotatable bonds is 5. The highest BCUT2D eigenvalue weighted by atomic mass is 32.1. The van der Waals surface area contributed by atoms with Crippen molar-refractivity contribution in [1.29, 1.82) is 0 Å². The van der Waals surface area contributed by atoms with Crippen LogP contribution in [0.1, 0.15) is 0 Å². The predicted molar refractivity (Wildman–Crippen MR) is 81.5 cm³/mol. The molecule has 0 bridgehead atoms. The first-order valence-electron chi connectivity index (χ1n) is 6.28. The molecule has 0 amide bonds. The third kappa shape index (κ3) is 2.98. The Morgan fingerprint density at radius 1 is 1.29 bits per heavy atom. The molecule has 0 radical (unpaired) electrons. The predicted octanol–water partition coefficient (Wildman–Crippen LogP) is 1.58. The van der Waals surface area contributed by atoms with Gasteiger partial charge in [-0.15, -0.1) is 0 Å². The van der Waals surface area contributed by atoms with Gasteiger partial charge in [0.15, 0.2) is 4.77 Å². The van der Waals surface area contributed by atoms with Gasteiger partial charge >= 0.3 is 0 Å². The molecule has 2 N–H and O–H groups in total. The minimum absolute atomic E-state index is 0.106. The van der Waals surface area contributed by atoms with Gasteiger partial charge < -0.3 is 19.1 Å². The van der Waals surface area contributed by atoms with Crippen molar-refractivity contribution >= 4 is 12.2 Å². The van der Waals surface area contributed by atoms with E-state index in [1.165, 1.54) is 20.3 Å². The van der Waals surface area contributed by atoms with Gasteiger partial charge in [-0.1, -0.05) is 6.07 Å². The summed E-state index contributed by atoms with van der Waals surface area (Å²) in [5.41, 5.74) is 0.831. The molecule has 7 heteroatoms. The van der Waals surface area contributed by atoms with E-state index < -0.39 is 0 Å². The third-order valence-corrected chi connectivity index (χ3v) is 3.36. The molecule has 2 rings (SSSR count). The van der Waals surface area contributed by atoms with Gasteiger partial charge in [0.1, 0.15) is 11.5 Å². The Morgan fingerprint density at radius 3 is 2.43 bits per heavy atom. The minimum Gasteiger partial charge on any atom is -0.496 e. The molecule has 0 aliphatic carbocycles. The van der Waals surface area contributed by atoms with Crippen molar-refractivity contribution in [1.82, 2.24) is 9.55 Å². The molecule has 0 fully saturated rings. The van der Waals surface area contributed by atoms with Gasteiger partial charge in [0, 0.05) is 12.6 Å². The Hall–Kier alpha value is -2.12. The van der Waals surface area contributed by atoms with E-state index in [0.717, 1.165) is 0 Å². The van der Waals surface area contributed by atoms with Gasteiger partial charge in [-0.25, -0.2) is 0 Å². The lowest BCUT2D eigenvalue weighted by atomic mass is 10.1. The molecule has 0 aliphatic heterocycles. The molecule has 1 aromatic carbocycles. The summed E-state index contributed by atoms with van der Waals surface area (Å²) in [6.07, 6.45) is 0. The fourth-order valence-electron chi connectivity index (χ4n) is 2.15. The second kappa shape index (κ2) is 6.55. The second-order valence-corrected chi connectivity index (χ2v) is 4.62. The number of ether oxygens (including phenoxy) is 2. The van der Waals surface area contributed by atoms with Crippen LogP contribution in [-0.4, -0.2) is 35.5 Å². The standard InChI is InChI=1S/C14H16N2O4S/c1-19-10-4-3-5-11(20-2)13(10)9-8-12(18)15-14(21)16(9)6-7-17/h3-5,8,17H,6-7H2,1-2H3,(H,15,18,21). The zero-order chi connectivity index (χ0) is 15.4. The van der Waals surface area contributed by atoms with Crippen molar-refractivity contribution < 1.29 is 14.6 Å². The van der Waals surface area contributed by atoms with Crippen molar-refractivity contribution in [2.45, 2.75) is 6.54 Å². The van der Waals surface area contributed by atoms with E-state index in [9.17, 15) is 9.90 Å². The summed E-state index contributed by atoms with van der Waals surface area (Å²) in [5.74, 6) is 1.11. The Bertz CT molecular complexity index is 729. The largest absolute Gasteiger partial charge is 0.496 e. The fourth-order valence-corrected chi connectivity index (χ4v) is 2.44. The number of nitrogens with zero attached hydrogens (tertiary/aromatic N) is 1. The average molecular weight is 308 g/mol. The highest BCUT2D eigenvalue weighted by Gasteiger charge is 2.16. The van der Waals surface area contributed by atoms with E-state index in [-0.39, 0.29) is 23.5 Å². The summed E-state index contributed by atoms with van der Waals surface area (Å²) in [7, 11) is 3.08. The van der Waals surface area contributed by atoms with E-state index in [0.29, 0.717) is 22.8 Å². The number of aliphatic hydroxyl groups excluding tert-OH is 1. The SMILES string of the molecule is COc1cccc(OC)c1-c1cc(=O)[nH]c(=S)n1CCO. The van der Waals surface area contributed by atoms with E-state index in [2.05, 4.69) is 4.98 Å². The van der Waals surface area contributed by atoms with Gasteiger partial charge in [-0.3, -0.25) is 9.78 Å². The molecule has 1 heterocycles. The number of nitrogens with one attached hydrogen (secondary N) is 1. The van der Waals surface area contributed by atoms with Crippen molar-refractivity contribution in [2.24, 2.45) is 0 Å². The maximum atomic E-state index is 11.8. The Kier molecular flexibility index (Phi) is 4.77. The molecule has 0 saturated heterocycles. The summed E-state index contributed by atoms with van der Waals surface area (Å²) in [6.45, 7) is 0.150. The van der Waals surface area contributed by atoms with E-state index in [4.69, 9.17) is 21.7 Å². The van der Waals surface area contributed by atoms with Crippen LogP contribution in [0.3, 0.4) is 0 Å². The van der Waals surface area contributed by atoms with Crippen molar-refractivity contribution in [2.75, 3.05) is 20.8 Å². The number of methoxy groups -OCH3 is 2. The zero-order valence-corrected chi connectivity index (χ0v) is 12.6. The number of H-pyrrole nitrogens is 1. The van der Waals surface area contributed by atoms with Crippen LogP contribution in [0.25, 0.3) is 11.3 Å². The number of aromatic amines is 1. The summed E-state index contributed by atoms with van der Waals surface area (Å²) in [6, 6.07) is 6.74. The lowest BCUT2D eigenvalue weighted by Gasteiger charge is -2.17. The van der Waals surface area contributed by atoms with Crippen LogP contribution in [0.4, 0.5) is 0 Å². The van der Waals surface area contributed by atoms with Crippen molar-refractivity contribution in [3.05, 3.63) is 39.4 Å². The summed E-state index contributed by atoms with van der Waals surface area (Å²) >= 11 is 5.17. The molecular weight excluding hydrogens is 292 g/mol. The van der Waals surface area contributed by atoms with E-state index >= 15 is 0 Å². The topological polar surface area (TPSA) is 76.5 Å². The number of aromatic nitrogens is 2. The number of benzene rings is 1. The molecule has 0 atom stereocenters. The van der Waals surface area contributed by atoms with Crippen molar-refractivity contribution in [3.63, 3.8) is 0 Å². The quantitative estimate of drug-likeness (QED) is 0.820. The van der Waals surface area contributed by atoms with Gasteiger partial charge in [0.2, 0.25) is 0 Å². The summed E-state index contributed by atoms with van der Waals surface area (Å²) < 4.78 is 12.6. The molecular formula is C14H16N2O4S. The fraction of sp³-hybridized carbons (Fsp3) is 0.286. The monoisotopic (exact) mass is 308 g/mol. The summed E-state index contributed by atoms with van der Waals surface area (Å²) in [5, 5.41) is 9.22. The van der Waals surface area contributed by atoms with Crippen molar-refractivity contribution in [3.8, 4) is 22.8 Å².